The summed E-state index contributed by atoms with van der Waals surface area (Å²) in [7, 11) is 1.57. The smallest absolute Gasteiger partial charge is 0.223 e. The van der Waals surface area contributed by atoms with Crippen LogP contribution in [-0.4, -0.2) is 36.6 Å². The molecule has 5 nitrogen and oxygen atoms in total. The van der Waals surface area contributed by atoms with Gasteiger partial charge in [-0.3, -0.25) is 14.8 Å². The van der Waals surface area contributed by atoms with Gasteiger partial charge < -0.3 is 10.4 Å². The van der Waals surface area contributed by atoms with Crippen molar-refractivity contribution in [1.82, 2.24) is 5.32 Å². The molecule has 0 fully saturated rings. The molecule has 0 aromatic heterocycles. The number of carbonyl (C=O) groups is 1. The minimum Gasteiger partial charge on any atom is -0.380 e. The topological polar surface area (TPSA) is 74.1 Å². The van der Waals surface area contributed by atoms with Crippen molar-refractivity contribution in [3.63, 3.8) is 0 Å². The summed E-state index contributed by atoms with van der Waals surface area (Å²) in [6.45, 7) is 5.48. The fourth-order valence-corrected chi connectivity index (χ4v) is 2.08. The standard InChI is InChI=1S/C23H30FN3O2/c1-5-19(12-11-16-24)18-27-21(7-3)22(14-15-23(29)25-4)26-17-10-8-9-13-20(28)6-2/h2,5,7,11-12,14,16-18,20,28H,1,8-10,13,15H2,3-4H3,(H,25,29)/b16-11+,19-12+,21-7+,22-14+,26-17+,27-18+. The molecule has 1 amide bonds. The SMILES string of the molecule is C#CC(O)CCCC/C=N/C(=C/CC(=O)NC)C(=C\C)/N=C/C(C=C)=C/C=C/F. The first-order valence-corrected chi connectivity index (χ1v) is 9.40. The molecule has 0 aliphatic carbocycles. The quantitative estimate of drug-likeness (QED) is 0.211. The highest BCUT2D eigenvalue weighted by molar-refractivity contribution is 5.84. The second-order valence-electron chi connectivity index (χ2n) is 5.87. The molecular weight excluding hydrogens is 369 g/mol. The monoisotopic (exact) mass is 399 g/mol. The van der Waals surface area contributed by atoms with E-state index in [1.807, 2.05) is 6.92 Å². The van der Waals surface area contributed by atoms with Gasteiger partial charge in [-0.15, -0.1) is 6.42 Å². The molecule has 0 bridgehead atoms. The Labute approximate surface area is 173 Å². The van der Waals surface area contributed by atoms with Crippen LogP contribution in [0.3, 0.4) is 0 Å². The number of aliphatic imine (C=N–C) groups is 2. The van der Waals surface area contributed by atoms with E-state index in [0.29, 0.717) is 36.1 Å². The summed E-state index contributed by atoms with van der Waals surface area (Å²) in [6.07, 6.45) is 19.0. The Kier molecular flexibility index (Phi) is 15.3. The summed E-state index contributed by atoms with van der Waals surface area (Å²) in [5, 5.41) is 11.9. The number of nitrogens with one attached hydrogen (secondary N) is 1. The number of hydrogen-bond donors (Lipinski definition) is 2. The summed E-state index contributed by atoms with van der Waals surface area (Å²) in [5.74, 6) is 2.15. The van der Waals surface area contributed by atoms with Crippen molar-refractivity contribution in [3.05, 3.63) is 60.3 Å². The fraction of sp³-hybridized carbons (Fsp3) is 0.348. The molecule has 0 spiro atoms. The molecule has 0 radical (unpaired) electrons. The molecule has 0 aromatic rings. The van der Waals surface area contributed by atoms with Crippen LogP contribution in [0.4, 0.5) is 4.39 Å². The van der Waals surface area contributed by atoms with E-state index >= 15 is 0 Å². The van der Waals surface area contributed by atoms with Gasteiger partial charge >= 0.3 is 0 Å². The number of rotatable bonds is 13. The Morgan fingerprint density at radius 1 is 1.34 bits per heavy atom. The molecule has 0 heterocycles. The maximum Gasteiger partial charge on any atom is 0.223 e. The maximum absolute atomic E-state index is 12.2. The van der Waals surface area contributed by atoms with Crippen molar-refractivity contribution in [1.29, 1.82) is 0 Å². The molecule has 0 saturated heterocycles. The molecule has 0 saturated carbocycles. The summed E-state index contributed by atoms with van der Waals surface area (Å²) < 4.78 is 12.2. The van der Waals surface area contributed by atoms with Crippen LogP contribution >= 0.6 is 0 Å². The van der Waals surface area contributed by atoms with E-state index in [4.69, 9.17) is 6.42 Å². The summed E-state index contributed by atoms with van der Waals surface area (Å²) in [5.41, 5.74) is 1.75. The first-order valence-electron chi connectivity index (χ1n) is 9.40. The van der Waals surface area contributed by atoms with Gasteiger partial charge in [0.15, 0.2) is 0 Å². The lowest BCUT2D eigenvalue weighted by Crippen LogP contribution is -2.16. The zero-order chi connectivity index (χ0) is 21.9. The molecule has 0 aliphatic heterocycles. The number of nitrogens with zero attached hydrogens (tertiary/aromatic N) is 2. The van der Waals surface area contributed by atoms with Gasteiger partial charge in [0.05, 0.1) is 17.7 Å². The highest BCUT2D eigenvalue weighted by Gasteiger charge is 2.03. The van der Waals surface area contributed by atoms with Gasteiger partial charge in [-0.25, -0.2) is 4.39 Å². The first-order chi connectivity index (χ1) is 14.0. The van der Waals surface area contributed by atoms with E-state index in [0.717, 1.165) is 12.8 Å². The second kappa shape index (κ2) is 17.1. The molecule has 0 aliphatic rings. The van der Waals surface area contributed by atoms with Crippen LogP contribution in [0.2, 0.25) is 0 Å². The van der Waals surface area contributed by atoms with Gasteiger partial charge in [0, 0.05) is 25.9 Å². The lowest BCUT2D eigenvalue weighted by Gasteiger charge is -2.04. The number of unbranched alkanes of at least 4 members (excludes halogenated alkanes) is 2. The van der Waals surface area contributed by atoms with E-state index < -0.39 is 6.10 Å². The van der Waals surface area contributed by atoms with Gasteiger partial charge in [-0.05, 0) is 50.3 Å². The van der Waals surface area contributed by atoms with Crippen molar-refractivity contribution in [3.8, 4) is 12.3 Å². The van der Waals surface area contributed by atoms with Crippen molar-refractivity contribution in [2.75, 3.05) is 7.05 Å². The lowest BCUT2D eigenvalue weighted by atomic mass is 10.1. The predicted octanol–water partition coefficient (Wildman–Crippen LogP) is 4.20. The Bertz CT molecular complexity index is 738. The highest BCUT2D eigenvalue weighted by Crippen LogP contribution is 2.15. The van der Waals surface area contributed by atoms with Crippen LogP contribution < -0.4 is 5.32 Å². The van der Waals surface area contributed by atoms with Crippen molar-refractivity contribution < 1.29 is 14.3 Å². The number of aliphatic hydroxyl groups excluding tert-OH is 1. The molecule has 2 N–H and O–H groups in total. The van der Waals surface area contributed by atoms with Crippen molar-refractivity contribution >= 4 is 18.3 Å². The molecule has 6 heteroatoms. The molecular formula is C23H30FN3O2. The average Bonchev–Trinajstić information content (AvgIpc) is 2.75. The van der Waals surface area contributed by atoms with Gasteiger partial charge in [-0.1, -0.05) is 30.7 Å². The van der Waals surface area contributed by atoms with E-state index in [-0.39, 0.29) is 12.3 Å². The third kappa shape index (κ3) is 12.9. The Morgan fingerprint density at radius 3 is 2.69 bits per heavy atom. The molecule has 0 rings (SSSR count). The molecule has 156 valence electrons. The number of halogens is 1. The van der Waals surface area contributed by atoms with Gasteiger partial charge in [-0.2, -0.15) is 0 Å². The highest BCUT2D eigenvalue weighted by atomic mass is 19.1. The van der Waals surface area contributed by atoms with Gasteiger partial charge in [0.25, 0.3) is 0 Å². The van der Waals surface area contributed by atoms with E-state index in [9.17, 15) is 14.3 Å². The number of allylic oxidation sites excluding steroid dienone is 5. The minimum absolute atomic E-state index is 0.139. The fourth-order valence-electron chi connectivity index (χ4n) is 2.08. The number of aliphatic hydroxyl groups is 1. The summed E-state index contributed by atoms with van der Waals surface area (Å²) in [4.78, 5) is 20.4. The first kappa shape index (κ1) is 26.0. The Morgan fingerprint density at radius 2 is 2.10 bits per heavy atom. The van der Waals surface area contributed by atoms with Crippen molar-refractivity contribution in [2.24, 2.45) is 9.98 Å². The second-order valence-corrected chi connectivity index (χ2v) is 5.87. The van der Waals surface area contributed by atoms with Crippen LogP contribution in [0.1, 0.15) is 39.0 Å². The molecule has 0 aromatic carbocycles. The summed E-state index contributed by atoms with van der Waals surface area (Å²) in [6, 6.07) is 0. The Balaban J connectivity index is 5.26. The van der Waals surface area contributed by atoms with E-state index in [1.54, 1.807) is 37.7 Å². The van der Waals surface area contributed by atoms with E-state index in [2.05, 4.69) is 27.8 Å². The number of hydrogen-bond acceptors (Lipinski definition) is 4. The van der Waals surface area contributed by atoms with Crippen LogP contribution in [-0.2, 0) is 4.79 Å². The zero-order valence-electron chi connectivity index (χ0n) is 17.1. The normalized spacial score (nSPS) is 14.5. The minimum atomic E-state index is -0.710. The number of terminal acetylenes is 1. The van der Waals surface area contributed by atoms with Crippen LogP contribution in [0, 0.1) is 12.3 Å². The van der Waals surface area contributed by atoms with Crippen LogP contribution in [0.25, 0.3) is 0 Å². The van der Waals surface area contributed by atoms with Gasteiger partial charge in [0.2, 0.25) is 5.91 Å². The van der Waals surface area contributed by atoms with E-state index in [1.165, 1.54) is 12.2 Å². The Hall–Kier alpha value is -3.04. The van der Waals surface area contributed by atoms with Crippen molar-refractivity contribution in [2.45, 2.75) is 45.1 Å². The third-order valence-corrected chi connectivity index (χ3v) is 3.73. The predicted molar refractivity (Wildman–Crippen MR) is 119 cm³/mol. The summed E-state index contributed by atoms with van der Waals surface area (Å²) >= 11 is 0. The van der Waals surface area contributed by atoms with Gasteiger partial charge in [0.1, 0.15) is 6.10 Å². The molecule has 1 unspecified atom stereocenters. The molecule has 29 heavy (non-hydrogen) atoms. The average molecular weight is 400 g/mol. The lowest BCUT2D eigenvalue weighted by molar-refractivity contribution is -0.119. The third-order valence-electron chi connectivity index (χ3n) is 3.73. The van der Waals surface area contributed by atoms with Crippen LogP contribution in [0.15, 0.2) is 70.2 Å². The molecule has 1 atom stereocenters. The number of amides is 1. The number of carbonyl (C=O) groups excluding carboxylic acids is 1. The van der Waals surface area contributed by atoms with Crippen LogP contribution in [0.5, 0.6) is 0 Å². The maximum atomic E-state index is 12.2. The largest absolute Gasteiger partial charge is 0.380 e. The zero-order valence-corrected chi connectivity index (χ0v) is 17.1.